The van der Waals surface area contributed by atoms with Crippen LogP contribution < -0.4 is 0 Å². The number of amides is 1. The molecule has 3 aliphatic heterocycles. The van der Waals surface area contributed by atoms with Crippen LogP contribution in [0, 0.1) is 0 Å². The van der Waals surface area contributed by atoms with Crippen molar-refractivity contribution in [1.29, 1.82) is 0 Å². The zero-order chi connectivity index (χ0) is 26.8. The van der Waals surface area contributed by atoms with Gasteiger partial charge in [-0.2, -0.15) is 23.7 Å². The number of aliphatic hydroxyl groups is 1. The Bertz CT molecular complexity index is 1340. The van der Waals surface area contributed by atoms with Gasteiger partial charge in [0.15, 0.2) is 0 Å². The zero-order valence-corrected chi connectivity index (χ0v) is 22.1. The van der Waals surface area contributed by atoms with Crippen molar-refractivity contribution < 1.29 is 32.6 Å². The number of aromatic nitrogens is 1. The molecule has 0 aliphatic carbocycles. The molecule has 198 valence electrons. The predicted octanol–water partition coefficient (Wildman–Crippen LogP) is 5.14. The van der Waals surface area contributed by atoms with Crippen molar-refractivity contribution in [2.24, 2.45) is 5.16 Å². The first-order valence-electron chi connectivity index (χ1n) is 11.2. The number of rotatable bonds is 4. The average molecular weight is 576 g/mol. The quantitative estimate of drug-likeness (QED) is 0.510. The number of benzene rings is 1. The van der Waals surface area contributed by atoms with Crippen molar-refractivity contribution in [1.82, 2.24) is 9.88 Å². The van der Waals surface area contributed by atoms with Gasteiger partial charge >= 0.3 is 6.18 Å². The number of ether oxygens (including phenoxy) is 1. The van der Waals surface area contributed by atoms with Gasteiger partial charge in [-0.15, -0.1) is 0 Å². The Morgan fingerprint density at radius 2 is 1.89 bits per heavy atom. The highest BCUT2D eigenvalue weighted by Crippen LogP contribution is 2.50. The summed E-state index contributed by atoms with van der Waals surface area (Å²) in [6.07, 6.45) is -3.60. The molecule has 4 heterocycles. The maximum Gasteiger partial charge on any atom is 0.435 e. The molecule has 0 saturated carbocycles. The molecule has 2 aromatic rings. The third-order valence-electron chi connectivity index (χ3n) is 6.85. The molecule has 7 nitrogen and oxygen atoms in total. The van der Waals surface area contributed by atoms with Crippen LogP contribution >= 0.6 is 33.7 Å². The summed E-state index contributed by atoms with van der Waals surface area (Å²) in [7, 11) is -0.525. The summed E-state index contributed by atoms with van der Waals surface area (Å²) >= 11 is 11.9. The van der Waals surface area contributed by atoms with E-state index in [9.17, 15) is 23.1 Å². The molecule has 1 spiro atoms. The number of likely N-dealkylation sites (tertiary alicyclic amines) is 1. The third-order valence-corrected chi connectivity index (χ3v) is 8.98. The lowest BCUT2D eigenvalue weighted by Crippen LogP contribution is -2.61. The van der Waals surface area contributed by atoms with Crippen LogP contribution in [-0.2, 0) is 32.2 Å². The van der Waals surface area contributed by atoms with Crippen LogP contribution in [0.1, 0.15) is 35.9 Å². The summed E-state index contributed by atoms with van der Waals surface area (Å²) in [4.78, 5) is 23.8. The maximum atomic E-state index is 14.3. The van der Waals surface area contributed by atoms with Gasteiger partial charge in [0.25, 0.3) is 5.60 Å². The molecule has 37 heavy (non-hydrogen) atoms. The molecule has 13 heteroatoms. The minimum atomic E-state index is -4.80. The molecular formula is C24H22Cl2F3N3O4S. The molecule has 1 aromatic carbocycles. The van der Waals surface area contributed by atoms with Gasteiger partial charge in [-0.05, 0) is 37.4 Å². The Morgan fingerprint density at radius 3 is 2.51 bits per heavy atom. The number of oxime groups is 1. The second-order valence-electron chi connectivity index (χ2n) is 9.31. The molecule has 1 fully saturated rings. The minimum absolute atomic E-state index is 0.0354. The second-order valence-corrected chi connectivity index (χ2v) is 12.3. The number of hydrogen-bond acceptors (Lipinski definition) is 5. The molecule has 1 saturated heterocycles. The highest BCUT2D eigenvalue weighted by Gasteiger charge is 2.62. The first-order chi connectivity index (χ1) is 17.3. The van der Waals surface area contributed by atoms with Crippen molar-refractivity contribution in [2.45, 2.75) is 37.3 Å². The Balaban J connectivity index is 1.35. The van der Waals surface area contributed by atoms with E-state index in [4.69, 9.17) is 32.8 Å². The van der Waals surface area contributed by atoms with Crippen LogP contribution in [0.4, 0.5) is 13.2 Å². The zero-order valence-electron chi connectivity index (χ0n) is 19.7. The highest BCUT2D eigenvalue weighted by atomic mass is 35.5. The van der Waals surface area contributed by atoms with Gasteiger partial charge in [0.05, 0.1) is 48.3 Å². The summed E-state index contributed by atoms with van der Waals surface area (Å²) < 4.78 is 48.8. The number of carbonyl (C=O) groups excluding carboxylic acids is 1. The molecule has 2 atom stereocenters. The molecule has 1 aromatic heterocycles. The summed E-state index contributed by atoms with van der Waals surface area (Å²) in [5.74, 6) is 0.148. The van der Waals surface area contributed by atoms with E-state index >= 15 is 0 Å². The fourth-order valence-corrected chi connectivity index (χ4v) is 5.98. The van der Waals surface area contributed by atoms with Gasteiger partial charge in [0.2, 0.25) is 5.91 Å². The predicted molar refractivity (Wildman–Crippen MR) is 135 cm³/mol. The normalized spacial score (nSPS) is 23.3. The second kappa shape index (κ2) is 9.23. The van der Waals surface area contributed by atoms with E-state index < -0.39 is 34.3 Å². The number of fused-ring (bicyclic) bond motifs is 2. The molecule has 0 bridgehead atoms. The highest BCUT2D eigenvalue weighted by molar-refractivity contribution is 8.15. The lowest BCUT2D eigenvalue weighted by atomic mass is 9.85. The van der Waals surface area contributed by atoms with Crippen molar-refractivity contribution in [3.8, 4) is 0 Å². The van der Waals surface area contributed by atoms with Crippen LogP contribution in [0.2, 0.25) is 10.0 Å². The summed E-state index contributed by atoms with van der Waals surface area (Å²) in [6.45, 7) is 2.43. The van der Waals surface area contributed by atoms with E-state index in [0.29, 0.717) is 18.8 Å². The number of aliphatic hydroxyl groups excluding tert-OH is 1. The van der Waals surface area contributed by atoms with Gasteiger partial charge in [-0.3, -0.25) is 4.79 Å². The van der Waals surface area contributed by atoms with Gasteiger partial charge in [-0.1, -0.05) is 34.4 Å². The standard InChI is InChI=1S/C24H22Cl2F3N3O4S/c1-13(33)37(2)10-21(34)32-11-22(12-32)17-3-4-18(30-20(17)9-35-22)19-8-23(36-31-19,24(27,28)29)14-5-15(25)7-16(26)6-14/h3-7,33H,8-12H2,1-2H3. The Morgan fingerprint density at radius 1 is 1.22 bits per heavy atom. The van der Waals surface area contributed by atoms with Crippen LogP contribution in [0.25, 0.3) is 0 Å². The first kappa shape index (κ1) is 26.4. The Kier molecular flexibility index (Phi) is 6.59. The largest absolute Gasteiger partial charge is 0.435 e. The molecule has 0 radical (unpaired) electrons. The molecule has 2 unspecified atom stereocenters. The van der Waals surface area contributed by atoms with E-state index in [0.717, 1.165) is 17.7 Å². The fraction of sp³-hybridized carbons (Fsp3) is 0.417. The third kappa shape index (κ3) is 4.54. The number of alkyl halides is 3. The number of pyridine rings is 1. The molecule has 3 aliphatic rings. The van der Waals surface area contributed by atoms with E-state index in [-0.39, 0.29) is 50.3 Å². The maximum absolute atomic E-state index is 14.3. The van der Waals surface area contributed by atoms with Crippen molar-refractivity contribution in [3.63, 3.8) is 0 Å². The van der Waals surface area contributed by atoms with Gasteiger partial charge in [-0.25, -0.2) is 4.98 Å². The van der Waals surface area contributed by atoms with Crippen LogP contribution in [0.3, 0.4) is 0 Å². The fourth-order valence-electron chi connectivity index (χ4n) is 4.69. The lowest BCUT2D eigenvalue weighted by Gasteiger charge is -2.47. The van der Waals surface area contributed by atoms with Crippen LogP contribution in [0.5, 0.6) is 0 Å². The summed E-state index contributed by atoms with van der Waals surface area (Å²) in [6, 6.07) is 7.02. The van der Waals surface area contributed by atoms with Gasteiger partial charge in [0.1, 0.15) is 11.3 Å². The number of hydrogen-bond donors (Lipinski definition) is 1. The van der Waals surface area contributed by atoms with Crippen LogP contribution in [0.15, 0.2) is 35.5 Å². The monoisotopic (exact) mass is 575 g/mol. The molecule has 1 amide bonds. The number of halogens is 5. The average Bonchev–Trinajstić information content (AvgIpc) is 3.40. The van der Waals surface area contributed by atoms with E-state index in [1.165, 1.54) is 6.07 Å². The minimum Gasteiger partial charge on any atom is -0.374 e. The van der Waals surface area contributed by atoms with E-state index in [2.05, 4.69) is 10.1 Å². The first-order valence-corrected chi connectivity index (χ1v) is 13.8. The Hall–Kier alpha value is -2.18. The SMILES string of the molecule is C/C(O)=S(/C)CC(=O)N1CC2(C1)OCc1nc(C3=NOC(c4cc(Cl)cc(Cl)c4)(C(F)(F)F)C3)ccc12. The van der Waals surface area contributed by atoms with Crippen molar-refractivity contribution >= 4 is 50.4 Å². The van der Waals surface area contributed by atoms with Gasteiger partial charge in [0, 0.05) is 21.2 Å². The molecule has 5 rings (SSSR count). The summed E-state index contributed by atoms with van der Waals surface area (Å²) in [5.41, 5.74) is -2.03. The van der Waals surface area contributed by atoms with Crippen molar-refractivity contribution in [3.05, 3.63) is 62.9 Å². The topological polar surface area (TPSA) is 84.2 Å². The molecular weight excluding hydrogens is 554 g/mol. The van der Waals surface area contributed by atoms with Crippen LogP contribution in [-0.4, -0.2) is 62.9 Å². The number of nitrogens with zero attached hydrogens (tertiary/aromatic N) is 3. The lowest BCUT2D eigenvalue weighted by molar-refractivity contribution is -0.275. The van der Waals surface area contributed by atoms with Gasteiger partial charge < -0.3 is 19.6 Å². The van der Waals surface area contributed by atoms with E-state index in [1.807, 2.05) is 0 Å². The molecule has 1 N–H and O–H groups in total. The smallest absolute Gasteiger partial charge is 0.374 e. The Labute approximate surface area is 223 Å². The number of carbonyl (C=O) groups is 1. The van der Waals surface area contributed by atoms with E-state index in [1.54, 1.807) is 30.2 Å². The summed E-state index contributed by atoms with van der Waals surface area (Å²) in [5, 5.41) is 13.7. The van der Waals surface area contributed by atoms with Crippen molar-refractivity contribution in [2.75, 3.05) is 25.1 Å².